The molecule has 1 aliphatic rings. The lowest BCUT2D eigenvalue weighted by atomic mass is 9.89. The quantitative estimate of drug-likeness (QED) is 0.0914. The lowest BCUT2D eigenvalue weighted by Gasteiger charge is -2.23. The number of amides is 1. The van der Waals surface area contributed by atoms with E-state index in [-0.39, 0.29) is 45.1 Å². The molecule has 0 bridgehead atoms. The number of rotatable bonds is 16. The van der Waals surface area contributed by atoms with E-state index in [1.54, 1.807) is 20.9 Å². The maximum Gasteiger partial charge on any atom is 0.317 e. The van der Waals surface area contributed by atoms with E-state index in [1.807, 2.05) is 30.4 Å². The van der Waals surface area contributed by atoms with Gasteiger partial charge in [-0.25, -0.2) is 0 Å². The van der Waals surface area contributed by atoms with Crippen molar-refractivity contribution in [3.05, 3.63) is 49.6 Å². The predicted octanol–water partition coefficient (Wildman–Crippen LogP) is 7.11. The Kier molecular flexibility index (Phi) is 23.9. The van der Waals surface area contributed by atoms with E-state index in [2.05, 4.69) is 43.7 Å². The van der Waals surface area contributed by atoms with Gasteiger partial charge in [0, 0.05) is 13.0 Å². The SMILES string of the molecule is C.C.C#CCN(C)C(=O)C(C)C(CC=CCCC(C)C=C)C(=O)O.C=CC(C)CCC=CCC1C(=O)OC(=O)C1C. The van der Waals surface area contributed by atoms with Crippen LogP contribution >= 0.6 is 0 Å². The number of carboxylic acids is 1. The molecule has 1 fully saturated rings. The molecule has 0 spiro atoms. The summed E-state index contributed by atoms with van der Waals surface area (Å²) >= 11 is 0. The van der Waals surface area contributed by atoms with Crippen LogP contribution in [-0.4, -0.2) is 47.4 Å². The van der Waals surface area contributed by atoms with Gasteiger partial charge in [-0.1, -0.05) is 84.9 Å². The molecule has 1 saturated heterocycles. The molecule has 1 aliphatic heterocycles. The highest BCUT2D eigenvalue weighted by atomic mass is 16.6. The number of carbonyl (C=O) groups excluding carboxylic acids is 3. The molecule has 1 rings (SSSR count). The van der Waals surface area contributed by atoms with E-state index < -0.39 is 23.8 Å². The van der Waals surface area contributed by atoms with Gasteiger partial charge < -0.3 is 14.7 Å². The monoisotopic (exact) mass is 573 g/mol. The van der Waals surface area contributed by atoms with Crippen LogP contribution in [0, 0.1) is 47.9 Å². The molecule has 1 heterocycles. The van der Waals surface area contributed by atoms with Gasteiger partial charge in [-0.05, 0) is 50.4 Å². The Labute approximate surface area is 249 Å². The van der Waals surface area contributed by atoms with Gasteiger partial charge in [-0.2, -0.15) is 0 Å². The number of esters is 2. The molecule has 7 nitrogen and oxygen atoms in total. The highest BCUT2D eigenvalue weighted by Crippen LogP contribution is 2.26. The number of carboxylic acid groups (broad SMARTS) is 1. The third kappa shape index (κ3) is 16.5. The number of allylic oxidation sites excluding steroid dienone is 6. The summed E-state index contributed by atoms with van der Waals surface area (Å²) in [6.07, 6.45) is 21.7. The van der Waals surface area contributed by atoms with Crippen molar-refractivity contribution in [2.75, 3.05) is 13.6 Å². The van der Waals surface area contributed by atoms with Gasteiger partial charge in [0.05, 0.1) is 24.3 Å². The van der Waals surface area contributed by atoms with Crippen LogP contribution in [0.1, 0.15) is 81.1 Å². The summed E-state index contributed by atoms with van der Waals surface area (Å²) in [7, 11) is 1.59. The highest BCUT2D eigenvalue weighted by molar-refractivity contribution is 5.96. The molecular formula is C34H55NO6. The minimum absolute atomic E-state index is 0. The average molecular weight is 574 g/mol. The number of terminal acetylenes is 1. The summed E-state index contributed by atoms with van der Waals surface area (Å²) in [5.74, 6) is -0.579. The van der Waals surface area contributed by atoms with Gasteiger partial charge in [0.15, 0.2) is 0 Å². The van der Waals surface area contributed by atoms with E-state index in [0.29, 0.717) is 24.7 Å². The van der Waals surface area contributed by atoms with Crippen molar-refractivity contribution in [3.63, 3.8) is 0 Å². The molecule has 0 aliphatic carbocycles. The van der Waals surface area contributed by atoms with Crippen molar-refractivity contribution in [1.82, 2.24) is 4.90 Å². The van der Waals surface area contributed by atoms with Crippen molar-refractivity contribution in [2.45, 2.75) is 81.1 Å². The van der Waals surface area contributed by atoms with Crippen LogP contribution in [0.3, 0.4) is 0 Å². The predicted molar refractivity (Wildman–Crippen MR) is 169 cm³/mol. The molecular weight excluding hydrogens is 518 g/mol. The summed E-state index contributed by atoms with van der Waals surface area (Å²) in [5.41, 5.74) is 0. The summed E-state index contributed by atoms with van der Waals surface area (Å²) in [6, 6.07) is 0. The first kappa shape index (κ1) is 42.1. The molecule has 0 aromatic carbocycles. The molecule has 6 atom stereocenters. The van der Waals surface area contributed by atoms with Gasteiger partial charge >= 0.3 is 17.9 Å². The largest absolute Gasteiger partial charge is 0.481 e. The van der Waals surface area contributed by atoms with Gasteiger partial charge in [-0.15, -0.1) is 19.6 Å². The molecule has 1 amide bonds. The molecule has 0 aromatic heterocycles. The van der Waals surface area contributed by atoms with Crippen molar-refractivity contribution >= 4 is 23.8 Å². The lowest BCUT2D eigenvalue weighted by Crippen LogP contribution is -2.37. The van der Waals surface area contributed by atoms with Gasteiger partial charge in [0.1, 0.15) is 0 Å². The molecule has 232 valence electrons. The third-order valence-electron chi connectivity index (χ3n) is 6.99. The van der Waals surface area contributed by atoms with Crippen LogP contribution in [0.2, 0.25) is 0 Å². The Hall–Kier alpha value is -3.40. The van der Waals surface area contributed by atoms with Gasteiger partial charge in [0.25, 0.3) is 0 Å². The summed E-state index contributed by atoms with van der Waals surface area (Å²) in [5, 5.41) is 9.33. The van der Waals surface area contributed by atoms with Crippen molar-refractivity contribution in [3.8, 4) is 12.3 Å². The van der Waals surface area contributed by atoms with Crippen molar-refractivity contribution in [1.29, 1.82) is 0 Å². The average Bonchev–Trinajstić information content (AvgIpc) is 3.15. The van der Waals surface area contributed by atoms with Crippen LogP contribution < -0.4 is 0 Å². The van der Waals surface area contributed by atoms with E-state index in [1.165, 1.54) is 4.90 Å². The fourth-order valence-electron chi connectivity index (χ4n) is 3.87. The topological polar surface area (TPSA) is 101 Å². The van der Waals surface area contributed by atoms with E-state index in [0.717, 1.165) is 25.7 Å². The number of carbonyl (C=O) groups is 4. The number of cyclic esters (lactones) is 2. The van der Waals surface area contributed by atoms with Crippen LogP contribution in [0.15, 0.2) is 49.6 Å². The molecule has 0 radical (unpaired) electrons. The maximum atomic E-state index is 12.1. The Bertz CT molecular complexity index is 928. The third-order valence-corrected chi connectivity index (χ3v) is 6.99. The van der Waals surface area contributed by atoms with Gasteiger partial charge in [0.2, 0.25) is 5.91 Å². The molecule has 0 saturated carbocycles. The van der Waals surface area contributed by atoms with Crippen LogP contribution in [0.4, 0.5) is 0 Å². The molecule has 41 heavy (non-hydrogen) atoms. The fraction of sp³-hybridized carbons (Fsp3) is 0.588. The van der Waals surface area contributed by atoms with Gasteiger partial charge in [-0.3, -0.25) is 19.2 Å². The lowest BCUT2D eigenvalue weighted by molar-refractivity contribution is -0.153. The zero-order valence-electron chi connectivity index (χ0n) is 24.3. The molecule has 0 aromatic rings. The number of ether oxygens (including phenoxy) is 1. The Morgan fingerprint density at radius 1 is 1.00 bits per heavy atom. The van der Waals surface area contributed by atoms with Crippen molar-refractivity contribution < 1.29 is 29.0 Å². The summed E-state index contributed by atoms with van der Waals surface area (Å²) in [4.78, 5) is 47.4. The summed E-state index contributed by atoms with van der Waals surface area (Å²) < 4.78 is 4.57. The second-order valence-corrected chi connectivity index (χ2v) is 10.3. The Balaban J connectivity index is -0.000000689. The van der Waals surface area contributed by atoms with Crippen LogP contribution in [0.25, 0.3) is 0 Å². The standard InChI is InChI=1S/C18H27NO3.C14H20O3.2CH4/c1-6-13-19(5)17(20)15(4)16(18(21)22)12-10-8-9-11-14(3)7-2;1-4-10(2)8-6-5-7-9-12-11(3)13(15)17-14(12)16;;/h1,7-8,10,14-16H,2,9,11-13H2,3-5H3,(H,21,22);4-5,7,10-12H,1,6,8-9H2,2-3H3;2*1H4. The van der Waals surface area contributed by atoms with E-state index in [9.17, 15) is 24.3 Å². The number of nitrogens with zero attached hydrogens (tertiary/aromatic N) is 1. The minimum Gasteiger partial charge on any atom is -0.481 e. The van der Waals surface area contributed by atoms with E-state index >= 15 is 0 Å². The maximum absolute atomic E-state index is 12.1. The van der Waals surface area contributed by atoms with Crippen LogP contribution in [0.5, 0.6) is 0 Å². The van der Waals surface area contributed by atoms with E-state index in [4.69, 9.17) is 6.42 Å². The second-order valence-electron chi connectivity index (χ2n) is 10.3. The zero-order chi connectivity index (χ0) is 30.0. The first-order valence-corrected chi connectivity index (χ1v) is 13.6. The highest BCUT2D eigenvalue weighted by Gasteiger charge is 2.40. The minimum atomic E-state index is -0.959. The molecule has 6 unspecified atom stereocenters. The number of hydrogen-bond donors (Lipinski definition) is 1. The first-order valence-electron chi connectivity index (χ1n) is 13.6. The molecule has 1 N–H and O–H groups in total. The van der Waals surface area contributed by atoms with Crippen LogP contribution in [-0.2, 0) is 23.9 Å². The fourth-order valence-corrected chi connectivity index (χ4v) is 3.87. The van der Waals surface area contributed by atoms with Crippen molar-refractivity contribution in [2.24, 2.45) is 35.5 Å². The normalized spacial score (nSPS) is 18.8. The smallest absolute Gasteiger partial charge is 0.317 e. The molecule has 7 heteroatoms. The number of aliphatic carboxylic acids is 1. The summed E-state index contributed by atoms with van der Waals surface area (Å²) in [6.45, 7) is 15.2. The Morgan fingerprint density at radius 3 is 1.93 bits per heavy atom. The first-order chi connectivity index (χ1) is 18.4. The number of hydrogen-bond acceptors (Lipinski definition) is 5. The zero-order valence-corrected chi connectivity index (χ0v) is 24.3. The second kappa shape index (κ2) is 23.3. The Morgan fingerprint density at radius 2 is 1.51 bits per heavy atom.